The number of hydrogen-bond acceptors (Lipinski definition) is 8. The number of aromatic nitrogens is 2. The quantitative estimate of drug-likeness (QED) is 0.593. The van der Waals surface area contributed by atoms with Crippen LogP contribution in [0.15, 0.2) is 28.1 Å². The maximum atomic E-state index is 12.1. The number of anilines is 2. The molecule has 3 rings (SSSR count). The molecule has 0 radical (unpaired) electrons. The molecule has 142 valence electrons. The second-order valence-corrected chi connectivity index (χ2v) is 9.24. The van der Waals surface area contributed by atoms with Crippen LogP contribution in [0.4, 0.5) is 10.9 Å². The van der Waals surface area contributed by atoms with Crippen molar-refractivity contribution in [2.24, 2.45) is 0 Å². The van der Waals surface area contributed by atoms with E-state index in [2.05, 4.69) is 20.8 Å². The Bertz CT molecular complexity index is 947. The molecule has 3 heterocycles. The zero-order valence-corrected chi connectivity index (χ0v) is 17.4. The smallest absolute Gasteiger partial charge is 0.238 e. The van der Waals surface area contributed by atoms with Gasteiger partial charge in [0.25, 0.3) is 0 Å². The van der Waals surface area contributed by atoms with Gasteiger partial charge in [-0.3, -0.25) is 9.59 Å². The topological polar surface area (TPSA) is 97.1 Å². The summed E-state index contributed by atoms with van der Waals surface area (Å²) in [6, 6.07) is 5.70. The molecular formula is C17H18N4O3S3. The molecule has 0 fully saturated rings. The van der Waals surface area contributed by atoms with E-state index in [-0.39, 0.29) is 17.6 Å². The number of carbonyl (C=O) groups excluding carboxylic acids is 2. The average molecular weight is 423 g/mol. The third-order valence-electron chi connectivity index (χ3n) is 3.46. The monoisotopic (exact) mass is 422 g/mol. The van der Waals surface area contributed by atoms with Crippen LogP contribution in [0.1, 0.15) is 17.6 Å². The molecule has 3 aromatic rings. The molecule has 2 amide bonds. The summed E-state index contributed by atoms with van der Waals surface area (Å²) in [5.41, 5.74) is 0.858. The van der Waals surface area contributed by atoms with E-state index in [0.29, 0.717) is 16.7 Å². The predicted octanol–water partition coefficient (Wildman–Crippen LogP) is 4.18. The summed E-state index contributed by atoms with van der Waals surface area (Å²) in [5.74, 6) is 0.712. The summed E-state index contributed by atoms with van der Waals surface area (Å²) in [5, 5.41) is 11.2. The predicted molar refractivity (Wildman–Crippen MR) is 111 cm³/mol. The van der Waals surface area contributed by atoms with E-state index in [1.165, 1.54) is 28.0 Å². The molecule has 1 atom stereocenters. The van der Waals surface area contributed by atoms with Gasteiger partial charge in [0.2, 0.25) is 11.8 Å². The lowest BCUT2D eigenvalue weighted by molar-refractivity contribution is -0.115. The number of amides is 2. The Labute approximate surface area is 168 Å². The maximum absolute atomic E-state index is 12.1. The molecule has 1 unspecified atom stereocenters. The molecule has 0 saturated heterocycles. The van der Waals surface area contributed by atoms with Crippen LogP contribution in [0.3, 0.4) is 0 Å². The number of hydrogen-bond donors (Lipinski definition) is 2. The van der Waals surface area contributed by atoms with Crippen molar-refractivity contribution in [1.82, 2.24) is 10.1 Å². The largest absolute Gasteiger partial charge is 0.360 e. The Balaban J connectivity index is 1.46. The first-order valence-electron chi connectivity index (χ1n) is 8.08. The molecular weight excluding hydrogens is 404 g/mol. The van der Waals surface area contributed by atoms with Gasteiger partial charge in [0.05, 0.1) is 21.6 Å². The summed E-state index contributed by atoms with van der Waals surface area (Å²) >= 11 is 4.29. The summed E-state index contributed by atoms with van der Waals surface area (Å²) < 4.78 is 4.90. The number of carbonyl (C=O) groups is 2. The molecule has 0 bridgehead atoms. The van der Waals surface area contributed by atoms with Gasteiger partial charge in [-0.05, 0) is 32.9 Å². The third kappa shape index (κ3) is 5.41. The Hall–Kier alpha value is -2.17. The van der Waals surface area contributed by atoms with Crippen LogP contribution in [-0.4, -0.2) is 33.0 Å². The zero-order chi connectivity index (χ0) is 19.4. The van der Waals surface area contributed by atoms with Crippen molar-refractivity contribution in [2.75, 3.05) is 16.4 Å². The lowest BCUT2D eigenvalue weighted by Crippen LogP contribution is -2.25. The molecule has 27 heavy (non-hydrogen) atoms. The first-order chi connectivity index (χ1) is 12.9. The number of nitrogens with zero attached hydrogens (tertiary/aromatic N) is 2. The molecule has 10 heteroatoms. The molecule has 0 aliphatic rings. The van der Waals surface area contributed by atoms with Crippen molar-refractivity contribution < 1.29 is 14.1 Å². The Morgan fingerprint density at radius 2 is 2.11 bits per heavy atom. The Morgan fingerprint density at radius 3 is 2.78 bits per heavy atom. The summed E-state index contributed by atoms with van der Waals surface area (Å²) in [7, 11) is 0. The van der Waals surface area contributed by atoms with Crippen LogP contribution in [-0.2, 0) is 9.59 Å². The van der Waals surface area contributed by atoms with Gasteiger partial charge in [-0.1, -0.05) is 5.16 Å². The van der Waals surface area contributed by atoms with Crippen LogP contribution >= 0.6 is 34.4 Å². The number of thiophene rings is 1. The second-order valence-electron chi connectivity index (χ2n) is 5.76. The first-order valence-corrected chi connectivity index (χ1v) is 10.8. The van der Waals surface area contributed by atoms with Gasteiger partial charge in [0, 0.05) is 16.3 Å². The zero-order valence-electron chi connectivity index (χ0n) is 14.9. The van der Waals surface area contributed by atoms with Crippen molar-refractivity contribution in [2.45, 2.75) is 26.0 Å². The van der Waals surface area contributed by atoms with E-state index >= 15 is 0 Å². The van der Waals surface area contributed by atoms with E-state index < -0.39 is 5.25 Å². The number of aryl methyl sites for hydroxylation is 2. The number of thiazole rings is 1. The fourth-order valence-corrected chi connectivity index (χ4v) is 4.41. The van der Waals surface area contributed by atoms with Gasteiger partial charge in [0.1, 0.15) is 5.76 Å². The Kier molecular flexibility index (Phi) is 6.30. The lowest BCUT2D eigenvalue weighted by atomic mass is 10.4. The van der Waals surface area contributed by atoms with Gasteiger partial charge in [0.15, 0.2) is 10.9 Å². The van der Waals surface area contributed by atoms with Crippen LogP contribution in [0, 0.1) is 13.8 Å². The van der Waals surface area contributed by atoms with Gasteiger partial charge in [-0.2, -0.15) is 0 Å². The van der Waals surface area contributed by atoms with E-state index in [9.17, 15) is 9.59 Å². The number of nitrogens with one attached hydrogen (secondary N) is 2. The summed E-state index contributed by atoms with van der Waals surface area (Å²) in [4.78, 5) is 31.0. The fraction of sp³-hybridized carbons (Fsp3) is 0.294. The maximum Gasteiger partial charge on any atom is 0.238 e. The average Bonchev–Trinajstić information content (AvgIpc) is 3.34. The van der Waals surface area contributed by atoms with Crippen LogP contribution in [0.5, 0.6) is 0 Å². The van der Waals surface area contributed by atoms with Gasteiger partial charge < -0.3 is 15.2 Å². The minimum absolute atomic E-state index is 0.152. The van der Waals surface area contributed by atoms with Crippen molar-refractivity contribution in [3.63, 3.8) is 0 Å². The number of rotatable bonds is 7. The van der Waals surface area contributed by atoms with Gasteiger partial charge in [-0.15, -0.1) is 34.4 Å². The highest BCUT2D eigenvalue weighted by molar-refractivity contribution is 8.01. The molecule has 0 aromatic carbocycles. The second kappa shape index (κ2) is 8.68. The molecule has 7 nitrogen and oxygen atoms in total. The molecule has 0 spiro atoms. The normalized spacial score (nSPS) is 12.0. The minimum Gasteiger partial charge on any atom is -0.360 e. The lowest BCUT2D eigenvalue weighted by Gasteiger charge is -2.09. The third-order valence-corrected chi connectivity index (χ3v) is 6.38. The summed E-state index contributed by atoms with van der Waals surface area (Å²) in [6.45, 7) is 5.53. The standard InChI is InChI=1S/C17H18N4O3S3/c1-9-6-14(21-24-9)19-16(23)11(3)25-8-15(22)20-17-18-12(7-26-17)13-5-4-10(2)27-13/h4-7,11H,8H2,1-3H3,(H,18,20,22)(H,19,21,23). The summed E-state index contributed by atoms with van der Waals surface area (Å²) in [6.07, 6.45) is 0. The van der Waals surface area contributed by atoms with Crippen molar-refractivity contribution in [1.29, 1.82) is 0 Å². The van der Waals surface area contributed by atoms with Crippen LogP contribution < -0.4 is 10.6 Å². The molecule has 0 saturated carbocycles. The van der Waals surface area contributed by atoms with E-state index in [0.717, 1.165) is 10.6 Å². The highest BCUT2D eigenvalue weighted by atomic mass is 32.2. The fourth-order valence-electron chi connectivity index (χ4n) is 2.10. The minimum atomic E-state index is -0.409. The SMILES string of the molecule is Cc1cc(NC(=O)C(C)SCC(=O)Nc2nc(-c3ccc(C)s3)cs2)no1. The van der Waals surface area contributed by atoms with Crippen molar-refractivity contribution in [3.05, 3.63) is 34.2 Å². The molecule has 0 aliphatic carbocycles. The van der Waals surface area contributed by atoms with E-state index in [4.69, 9.17) is 4.52 Å². The van der Waals surface area contributed by atoms with Crippen molar-refractivity contribution >= 4 is 57.2 Å². The molecule has 0 aliphatic heterocycles. The van der Waals surface area contributed by atoms with Gasteiger partial charge in [-0.25, -0.2) is 4.98 Å². The van der Waals surface area contributed by atoms with E-state index in [1.807, 2.05) is 24.4 Å². The van der Waals surface area contributed by atoms with Crippen LogP contribution in [0.25, 0.3) is 10.6 Å². The van der Waals surface area contributed by atoms with Crippen molar-refractivity contribution in [3.8, 4) is 10.6 Å². The Morgan fingerprint density at radius 1 is 1.30 bits per heavy atom. The molecule has 3 aromatic heterocycles. The highest BCUT2D eigenvalue weighted by Crippen LogP contribution is 2.30. The number of thioether (sulfide) groups is 1. The van der Waals surface area contributed by atoms with Crippen LogP contribution in [0.2, 0.25) is 0 Å². The first kappa shape index (κ1) is 19.6. The molecule has 2 N–H and O–H groups in total. The highest BCUT2D eigenvalue weighted by Gasteiger charge is 2.17. The van der Waals surface area contributed by atoms with E-state index in [1.54, 1.807) is 31.3 Å². The van der Waals surface area contributed by atoms with Gasteiger partial charge >= 0.3 is 0 Å².